The summed E-state index contributed by atoms with van der Waals surface area (Å²) in [5.74, 6) is 0. The second-order valence-corrected chi connectivity index (χ2v) is 19.1. The molecule has 0 bridgehead atoms. The molecule has 10 aromatic carbocycles. The monoisotopic (exact) mass is 814 g/mol. The Morgan fingerprint density at radius 1 is 0.344 bits per heavy atom. The highest BCUT2D eigenvalue weighted by atomic mass is 14.9. The first-order valence-corrected chi connectivity index (χ1v) is 22.9. The molecular formula is C60H44B2N2. The Morgan fingerprint density at radius 3 is 1.16 bits per heavy atom. The van der Waals surface area contributed by atoms with E-state index in [4.69, 9.17) is 0 Å². The van der Waals surface area contributed by atoms with Crippen LogP contribution in [0, 0.1) is 41.5 Å². The zero-order chi connectivity index (χ0) is 42.9. The van der Waals surface area contributed by atoms with Crippen LogP contribution in [-0.4, -0.2) is 22.7 Å². The van der Waals surface area contributed by atoms with Crippen molar-refractivity contribution in [3.8, 4) is 22.3 Å². The predicted molar refractivity (Wildman–Crippen MR) is 278 cm³/mol. The third kappa shape index (κ3) is 4.53. The Bertz CT molecular complexity index is 3790. The summed E-state index contributed by atoms with van der Waals surface area (Å²) in [6, 6.07) is 60.9. The van der Waals surface area contributed by atoms with Crippen molar-refractivity contribution < 1.29 is 0 Å². The minimum Gasteiger partial charge on any atom is -0.375 e. The zero-order valence-corrected chi connectivity index (χ0v) is 37.1. The number of aryl methyl sites for hydroxylation is 6. The van der Waals surface area contributed by atoms with Crippen LogP contribution in [0.2, 0.25) is 0 Å². The van der Waals surface area contributed by atoms with Gasteiger partial charge >= 0.3 is 13.7 Å². The third-order valence-corrected chi connectivity index (χ3v) is 15.4. The van der Waals surface area contributed by atoms with Gasteiger partial charge in [0, 0.05) is 54.7 Å². The predicted octanol–water partition coefficient (Wildman–Crippen LogP) is 12.5. The van der Waals surface area contributed by atoms with E-state index in [1.54, 1.807) is 0 Å². The Kier molecular flexibility index (Phi) is 7.17. The average Bonchev–Trinajstić information content (AvgIpc) is 3.82. The average molecular weight is 815 g/mol. The molecule has 0 aliphatic carbocycles. The van der Waals surface area contributed by atoms with E-state index in [2.05, 4.69) is 208 Å². The number of fused-ring (bicyclic) bond motifs is 17. The molecule has 2 aliphatic heterocycles. The lowest BCUT2D eigenvalue weighted by Gasteiger charge is -2.33. The first-order chi connectivity index (χ1) is 31.3. The number of rotatable bonds is 2. The summed E-state index contributed by atoms with van der Waals surface area (Å²) in [6.45, 7) is 13.7. The molecule has 2 aliphatic rings. The van der Waals surface area contributed by atoms with Crippen molar-refractivity contribution in [3.63, 3.8) is 0 Å². The molecular weight excluding hydrogens is 770 g/mol. The summed E-state index contributed by atoms with van der Waals surface area (Å²) < 4.78 is 5.40. The quantitative estimate of drug-likeness (QED) is 0.154. The van der Waals surface area contributed by atoms with Crippen LogP contribution >= 0.6 is 0 Å². The van der Waals surface area contributed by atoms with Gasteiger partial charge < -0.3 is 8.96 Å². The summed E-state index contributed by atoms with van der Waals surface area (Å²) in [6.07, 6.45) is 0. The molecule has 0 atom stereocenters. The van der Waals surface area contributed by atoms with Gasteiger partial charge in [-0.15, -0.1) is 0 Å². The number of hydrogen-bond acceptors (Lipinski definition) is 0. The Labute approximate surface area is 373 Å². The van der Waals surface area contributed by atoms with E-state index in [0.29, 0.717) is 0 Å². The van der Waals surface area contributed by atoms with E-state index < -0.39 is 0 Å². The van der Waals surface area contributed by atoms with Crippen molar-refractivity contribution in [3.05, 3.63) is 191 Å². The van der Waals surface area contributed by atoms with Gasteiger partial charge in [0.15, 0.2) is 0 Å². The van der Waals surface area contributed by atoms with E-state index in [1.807, 2.05) is 0 Å². The third-order valence-electron chi connectivity index (χ3n) is 15.4. The summed E-state index contributed by atoms with van der Waals surface area (Å²) in [7, 11) is 0. The standard InChI is InChI=1S/C60H44B2N2/c1-33-29-35(3)57(36(4)30-33)61-49-25-23-44-43(53(49)45-17-11-19-47-55-41-15-9-7-13-39(41)21-27-51(55)63(61)59(45)47)24-26-50-54(44)46-18-12-20-48-56-42-16-10-8-14-40(42)22-28-52(56)64(60(46)48)62(50)58-37(5)31-34(2)32-38(58)6/h7-32H,1-6H3. The van der Waals surface area contributed by atoms with Crippen LogP contribution < -0.4 is 21.9 Å². The van der Waals surface area contributed by atoms with Gasteiger partial charge in [-0.25, -0.2) is 0 Å². The maximum Gasteiger partial charge on any atom is 0.329 e. The maximum atomic E-state index is 2.70. The van der Waals surface area contributed by atoms with E-state index in [0.717, 1.165) is 0 Å². The van der Waals surface area contributed by atoms with Crippen molar-refractivity contribution in [2.75, 3.05) is 0 Å². The normalized spacial score (nSPS) is 13.1. The van der Waals surface area contributed by atoms with Gasteiger partial charge in [-0.3, -0.25) is 0 Å². The highest BCUT2D eigenvalue weighted by molar-refractivity contribution is 6.89. The van der Waals surface area contributed by atoms with Crippen molar-refractivity contribution in [1.29, 1.82) is 0 Å². The first kappa shape index (κ1) is 36.2. The van der Waals surface area contributed by atoms with Crippen LogP contribution in [0.4, 0.5) is 0 Å². The summed E-state index contributed by atoms with van der Waals surface area (Å²) in [5.41, 5.74) is 24.1. The highest BCUT2D eigenvalue weighted by Gasteiger charge is 2.40. The molecule has 4 heteroatoms. The molecule has 12 aromatic rings. The van der Waals surface area contributed by atoms with Crippen LogP contribution in [-0.2, 0) is 0 Å². The fraction of sp³-hybridized carbons (Fsp3) is 0.100. The molecule has 0 spiro atoms. The highest BCUT2D eigenvalue weighted by Crippen LogP contribution is 2.47. The van der Waals surface area contributed by atoms with Gasteiger partial charge in [0.05, 0.1) is 0 Å². The van der Waals surface area contributed by atoms with Gasteiger partial charge in [0.2, 0.25) is 0 Å². The summed E-state index contributed by atoms with van der Waals surface area (Å²) in [4.78, 5) is 0. The Balaban J connectivity index is 1.16. The topological polar surface area (TPSA) is 9.86 Å². The maximum absolute atomic E-state index is 2.70. The lowest BCUT2D eigenvalue weighted by Crippen LogP contribution is -2.54. The number of hydrogen-bond donors (Lipinski definition) is 0. The van der Waals surface area contributed by atoms with E-state index in [-0.39, 0.29) is 13.7 Å². The van der Waals surface area contributed by atoms with Gasteiger partial charge in [-0.1, -0.05) is 179 Å². The number of benzene rings is 10. The smallest absolute Gasteiger partial charge is 0.329 e. The molecule has 2 nitrogen and oxygen atoms in total. The van der Waals surface area contributed by atoms with Gasteiger partial charge in [-0.05, 0) is 119 Å². The molecule has 64 heavy (non-hydrogen) atoms. The second kappa shape index (κ2) is 12.7. The molecule has 0 fully saturated rings. The second-order valence-electron chi connectivity index (χ2n) is 19.1. The Morgan fingerprint density at radius 2 is 0.734 bits per heavy atom. The van der Waals surface area contributed by atoms with Gasteiger partial charge in [-0.2, -0.15) is 0 Å². The van der Waals surface area contributed by atoms with Crippen molar-refractivity contribution in [2.24, 2.45) is 0 Å². The molecule has 4 heterocycles. The molecule has 300 valence electrons. The fourth-order valence-electron chi connectivity index (χ4n) is 13.3. The minimum absolute atomic E-state index is 0.00283. The van der Waals surface area contributed by atoms with Crippen LogP contribution in [0.1, 0.15) is 33.4 Å². The van der Waals surface area contributed by atoms with Crippen LogP contribution in [0.3, 0.4) is 0 Å². The largest absolute Gasteiger partial charge is 0.375 e. The minimum atomic E-state index is -0.00283. The van der Waals surface area contributed by atoms with Gasteiger partial charge in [0.25, 0.3) is 0 Å². The zero-order valence-electron chi connectivity index (χ0n) is 37.1. The summed E-state index contributed by atoms with van der Waals surface area (Å²) in [5, 5.41) is 13.2. The number of nitrogens with zero attached hydrogens (tertiary/aromatic N) is 2. The molecule has 0 radical (unpaired) electrons. The van der Waals surface area contributed by atoms with E-state index in [1.165, 1.54) is 153 Å². The summed E-state index contributed by atoms with van der Waals surface area (Å²) >= 11 is 0. The molecule has 2 aromatic heterocycles. The lowest BCUT2D eigenvalue weighted by atomic mass is 9.44. The van der Waals surface area contributed by atoms with Crippen LogP contribution in [0.25, 0.3) is 98.2 Å². The SMILES string of the molecule is Cc1cc(C)c(B2c3ccc4c5c(ccc4c3-c3cccc4c6c7ccccc7ccc6n2c34)B(c2c(C)cc(C)cc2C)n2c3ccc4ccccc4c3c3cccc-5c32)c(C)c1. The van der Waals surface area contributed by atoms with E-state index >= 15 is 0 Å². The molecule has 0 N–H and O–H groups in total. The Hall–Kier alpha value is -7.29. The van der Waals surface area contributed by atoms with Gasteiger partial charge in [0.1, 0.15) is 0 Å². The van der Waals surface area contributed by atoms with Crippen molar-refractivity contribution >= 4 is 111 Å². The van der Waals surface area contributed by atoms with Crippen molar-refractivity contribution in [2.45, 2.75) is 41.5 Å². The van der Waals surface area contributed by atoms with E-state index in [9.17, 15) is 0 Å². The van der Waals surface area contributed by atoms with Crippen LogP contribution in [0.15, 0.2) is 158 Å². The molecule has 0 amide bonds. The number of para-hydroxylation sites is 2. The van der Waals surface area contributed by atoms with Crippen molar-refractivity contribution in [1.82, 2.24) is 8.96 Å². The fourth-order valence-corrected chi connectivity index (χ4v) is 13.3. The molecule has 0 saturated heterocycles. The molecule has 14 rings (SSSR count). The first-order valence-electron chi connectivity index (χ1n) is 22.9. The molecule has 0 unspecified atom stereocenters. The number of aromatic nitrogens is 2. The molecule has 0 saturated carbocycles. The lowest BCUT2D eigenvalue weighted by molar-refractivity contribution is 1.29. The van der Waals surface area contributed by atoms with Crippen LogP contribution in [0.5, 0.6) is 0 Å².